The summed E-state index contributed by atoms with van der Waals surface area (Å²) >= 11 is 1.99. The number of hydrogen-bond donors (Lipinski definition) is 0. The Hall–Kier alpha value is -2.05. The van der Waals surface area contributed by atoms with Crippen molar-refractivity contribution >= 4 is 23.0 Å². The fourth-order valence-corrected chi connectivity index (χ4v) is 3.72. The Morgan fingerprint density at radius 3 is 1.36 bits per heavy atom. The molecule has 3 rings (SSSR count). The predicted molar refractivity (Wildman–Crippen MR) is 107 cm³/mol. The van der Waals surface area contributed by atoms with Crippen LogP contribution in [0.1, 0.15) is 16.7 Å². The first-order chi connectivity index (χ1) is 12.2. The molecule has 0 N–H and O–H groups in total. The molecule has 0 aromatic heterocycles. The minimum absolute atomic E-state index is 0.722. The molecule has 128 valence electrons. The van der Waals surface area contributed by atoms with E-state index in [2.05, 4.69) is 12.1 Å². The molecule has 0 spiro atoms. The Morgan fingerprint density at radius 2 is 1.00 bits per heavy atom. The normalized spacial score (nSPS) is 11.2. The number of halogens is 1. The lowest BCUT2D eigenvalue weighted by molar-refractivity contribution is 0.231. The van der Waals surface area contributed by atoms with Gasteiger partial charge in [0.1, 0.15) is 34.5 Å². The van der Waals surface area contributed by atoms with Crippen molar-refractivity contribution in [3.63, 3.8) is 0 Å². The molecule has 0 fully saturated rings. The van der Waals surface area contributed by atoms with Gasteiger partial charge in [-0.25, -0.2) is 0 Å². The SMILES string of the molecule is COc1ccc(C(OI)(c2ccccc2)c2ccc(OC)cc2)cc1. The highest BCUT2D eigenvalue weighted by atomic mass is 127. The molecule has 4 heteroatoms. The number of benzene rings is 3. The zero-order valence-corrected chi connectivity index (χ0v) is 16.3. The molecule has 0 unspecified atom stereocenters. The third-order valence-electron chi connectivity index (χ3n) is 4.29. The van der Waals surface area contributed by atoms with Crippen LogP contribution in [0.2, 0.25) is 0 Å². The fraction of sp³-hybridized carbons (Fsp3) is 0.143. The Labute approximate surface area is 162 Å². The summed E-state index contributed by atoms with van der Waals surface area (Å²) in [4.78, 5) is 0. The number of rotatable bonds is 6. The Morgan fingerprint density at radius 1 is 0.600 bits per heavy atom. The number of methoxy groups -OCH3 is 2. The van der Waals surface area contributed by atoms with Gasteiger partial charge in [-0.15, -0.1) is 0 Å². The highest BCUT2D eigenvalue weighted by Gasteiger charge is 2.37. The first kappa shape index (κ1) is 17.8. The maximum Gasteiger partial charge on any atom is 0.156 e. The van der Waals surface area contributed by atoms with Crippen LogP contribution in [0.3, 0.4) is 0 Å². The first-order valence-electron chi connectivity index (χ1n) is 7.89. The summed E-state index contributed by atoms with van der Waals surface area (Å²) in [6.07, 6.45) is 0. The molecular formula is C21H19IO3. The van der Waals surface area contributed by atoms with E-state index in [0.717, 1.165) is 28.2 Å². The molecule has 0 aliphatic heterocycles. The van der Waals surface area contributed by atoms with Crippen LogP contribution in [0.4, 0.5) is 0 Å². The number of ether oxygens (including phenoxy) is 2. The van der Waals surface area contributed by atoms with Crippen molar-refractivity contribution in [2.24, 2.45) is 0 Å². The summed E-state index contributed by atoms with van der Waals surface area (Å²) in [5, 5.41) is 0. The third-order valence-corrected chi connectivity index (χ3v) is 4.95. The van der Waals surface area contributed by atoms with Crippen LogP contribution in [0.25, 0.3) is 0 Å². The fourth-order valence-electron chi connectivity index (χ4n) is 2.96. The molecule has 0 aliphatic carbocycles. The molecule has 0 saturated carbocycles. The van der Waals surface area contributed by atoms with E-state index in [0.29, 0.717) is 0 Å². The molecule has 0 saturated heterocycles. The topological polar surface area (TPSA) is 27.7 Å². The molecule has 0 heterocycles. The molecule has 0 amide bonds. The van der Waals surface area contributed by atoms with E-state index in [9.17, 15) is 0 Å². The third kappa shape index (κ3) is 3.37. The standard InChI is InChI=1S/C21H19IO3/c1-23-19-12-8-17(9-13-19)21(25-22,16-6-4-3-5-7-16)18-10-14-20(24-2)15-11-18/h3-15H,1-2H3. The minimum atomic E-state index is -0.722. The van der Waals surface area contributed by atoms with Gasteiger partial charge in [0.25, 0.3) is 0 Å². The first-order valence-corrected chi connectivity index (χ1v) is 8.77. The van der Waals surface area contributed by atoms with Crippen molar-refractivity contribution in [2.45, 2.75) is 5.60 Å². The second kappa shape index (κ2) is 7.89. The van der Waals surface area contributed by atoms with Crippen molar-refractivity contribution in [3.8, 4) is 11.5 Å². The highest BCUT2D eigenvalue weighted by molar-refractivity contribution is 14.1. The van der Waals surface area contributed by atoms with Crippen molar-refractivity contribution in [1.82, 2.24) is 0 Å². The zero-order chi connectivity index (χ0) is 17.7. The average Bonchev–Trinajstić information content (AvgIpc) is 2.71. The van der Waals surface area contributed by atoms with E-state index in [1.807, 2.05) is 89.7 Å². The second-order valence-corrected chi connectivity index (χ2v) is 6.02. The van der Waals surface area contributed by atoms with Crippen molar-refractivity contribution in [3.05, 3.63) is 95.6 Å². The maximum atomic E-state index is 6.13. The Balaban J connectivity index is 2.21. The molecule has 3 nitrogen and oxygen atoms in total. The van der Waals surface area contributed by atoms with Gasteiger partial charge in [0.2, 0.25) is 0 Å². The van der Waals surface area contributed by atoms with E-state index in [4.69, 9.17) is 12.5 Å². The van der Waals surface area contributed by atoms with Crippen LogP contribution in [0.5, 0.6) is 11.5 Å². The summed E-state index contributed by atoms with van der Waals surface area (Å²) in [5.41, 5.74) is 2.39. The summed E-state index contributed by atoms with van der Waals surface area (Å²) in [5.74, 6) is 1.63. The second-order valence-electron chi connectivity index (χ2n) is 5.58. The molecule has 25 heavy (non-hydrogen) atoms. The van der Waals surface area contributed by atoms with Gasteiger partial charge in [0.05, 0.1) is 14.2 Å². The molecule has 0 bridgehead atoms. The van der Waals surface area contributed by atoms with E-state index in [1.54, 1.807) is 14.2 Å². The molecule has 0 radical (unpaired) electrons. The quantitative estimate of drug-likeness (QED) is 0.377. The molecule has 3 aromatic rings. The van der Waals surface area contributed by atoms with E-state index in [1.165, 1.54) is 0 Å². The van der Waals surface area contributed by atoms with Crippen LogP contribution in [0.15, 0.2) is 78.9 Å². The summed E-state index contributed by atoms with van der Waals surface area (Å²) < 4.78 is 16.7. The van der Waals surface area contributed by atoms with Gasteiger partial charge in [-0.3, -0.25) is 3.07 Å². The molecular weight excluding hydrogens is 427 g/mol. The van der Waals surface area contributed by atoms with Gasteiger partial charge < -0.3 is 9.47 Å². The van der Waals surface area contributed by atoms with Gasteiger partial charge >= 0.3 is 0 Å². The zero-order valence-electron chi connectivity index (χ0n) is 14.1. The average molecular weight is 446 g/mol. The Bertz CT molecular complexity index is 751. The van der Waals surface area contributed by atoms with Crippen molar-refractivity contribution < 1.29 is 12.5 Å². The van der Waals surface area contributed by atoms with Crippen LogP contribution in [-0.2, 0) is 8.67 Å². The smallest absolute Gasteiger partial charge is 0.156 e. The molecule has 3 aromatic carbocycles. The predicted octanol–water partition coefficient (Wildman–Crippen LogP) is 5.36. The van der Waals surface area contributed by atoms with Crippen LogP contribution >= 0.6 is 23.0 Å². The van der Waals surface area contributed by atoms with Crippen molar-refractivity contribution in [1.29, 1.82) is 0 Å². The lowest BCUT2D eigenvalue weighted by Gasteiger charge is -2.33. The summed E-state index contributed by atoms with van der Waals surface area (Å²) in [6.45, 7) is 0. The lowest BCUT2D eigenvalue weighted by atomic mass is 9.80. The van der Waals surface area contributed by atoms with Gasteiger partial charge in [0.15, 0.2) is 5.60 Å². The van der Waals surface area contributed by atoms with Gasteiger partial charge in [-0.2, -0.15) is 0 Å². The van der Waals surface area contributed by atoms with Gasteiger partial charge in [-0.05, 0) is 41.0 Å². The lowest BCUT2D eigenvalue weighted by Crippen LogP contribution is -2.29. The largest absolute Gasteiger partial charge is 0.497 e. The van der Waals surface area contributed by atoms with Crippen LogP contribution < -0.4 is 9.47 Å². The van der Waals surface area contributed by atoms with E-state index >= 15 is 0 Å². The van der Waals surface area contributed by atoms with Gasteiger partial charge in [-0.1, -0.05) is 54.6 Å². The summed E-state index contributed by atoms with van der Waals surface area (Å²) in [6, 6.07) is 26.1. The summed E-state index contributed by atoms with van der Waals surface area (Å²) in [7, 11) is 3.33. The van der Waals surface area contributed by atoms with Crippen molar-refractivity contribution in [2.75, 3.05) is 14.2 Å². The number of hydrogen-bond acceptors (Lipinski definition) is 3. The van der Waals surface area contributed by atoms with Gasteiger partial charge in [0, 0.05) is 0 Å². The molecule has 0 aliphatic rings. The minimum Gasteiger partial charge on any atom is -0.497 e. The maximum absolute atomic E-state index is 6.13. The molecule has 0 atom stereocenters. The monoisotopic (exact) mass is 446 g/mol. The Kier molecular flexibility index (Phi) is 5.60. The van der Waals surface area contributed by atoms with Crippen LogP contribution in [-0.4, -0.2) is 14.2 Å². The van der Waals surface area contributed by atoms with E-state index in [-0.39, 0.29) is 0 Å². The highest BCUT2D eigenvalue weighted by Crippen LogP contribution is 2.42. The van der Waals surface area contributed by atoms with Crippen LogP contribution in [0, 0.1) is 0 Å². The van der Waals surface area contributed by atoms with E-state index < -0.39 is 5.60 Å².